The van der Waals surface area contributed by atoms with Crippen molar-refractivity contribution in [3.8, 4) is 11.3 Å². The Hall–Kier alpha value is -2.18. The summed E-state index contributed by atoms with van der Waals surface area (Å²) in [5.41, 5.74) is 3.20. The van der Waals surface area contributed by atoms with E-state index in [0.717, 1.165) is 43.6 Å². The molecule has 3 heterocycles. The number of halogens is 1. The molecule has 0 radical (unpaired) electrons. The van der Waals surface area contributed by atoms with Gasteiger partial charge in [0.25, 0.3) is 5.91 Å². The summed E-state index contributed by atoms with van der Waals surface area (Å²) in [4.78, 5) is 21.0. The third-order valence-electron chi connectivity index (χ3n) is 4.61. The first kappa shape index (κ1) is 16.3. The highest BCUT2D eigenvalue weighted by atomic mass is 35.5. The molecule has 0 bridgehead atoms. The Morgan fingerprint density at radius 1 is 1.28 bits per heavy atom. The van der Waals surface area contributed by atoms with Crippen LogP contribution in [0.5, 0.6) is 0 Å². The first-order chi connectivity index (χ1) is 12.2. The van der Waals surface area contributed by atoms with E-state index in [1.807, 2.05) is 18.2 Å². The summed E-state index contributed by atoms with van der Waals surface area (Å²) in [6.45, 7) is 2.18. The third kappa shape index (κ3) is 3.45. The number of fused-ring (bicyclic) bond motifs is 1. The van der Waals surface area contributed by atoms with Crippen molar-refractivity contribution < 1.29 is 9.53 Å². The van der Waals surface area contributed by atoms with Gasteiger partial charge < -0.3 is 15.4 Å². The molecule has 4 rings (SSSR count). The summed E-state index contributed by atoms with van der Waals surface area (Å²) in [5.74, 6) is 0.502. The smallest absolute Gasteiger partial charge is 0.251 e. The quantitative estimate of drug-likeness (QED) is 0.882. The molecule has 6 nitrogen and oxygen atoms in total. The van der Waals surface area contributed by atoms with Crippen LogP contribution in [0.3, 0.4) is 0 Å². The van der Waals surface area contributed by atoms with Crippen LogP contribution in [0.4, 0.5) is 5.95 Å². The number of ether oxygens (including phenoxy) is 1. The Morgan fingerprint density at radius 2 is 2.12 bits per heavy atom. The zero-order chi connectivity index (χ0) is 17.2. The molecule has 1 amide bonds. The molecule has 25 heavy (non-hydrogen) atoms. The normalized spacial score (nSPS) is 17.7. The molecule has 1 fully saturated rings. The van der Waals surface area contributed by atoms with Gasteiger partial charge in [0.1, 0.15) is 0 Å². The first-order valence-electron chi connectivity index (χ1n) is 8.49. The summed E-state index contributed by atoms with van der Waals surface area (Å²) < 4.78 is 5.37. The molecule has 0 spiro atoms. The largest absolute Gasteiger partial charge is 0.381 e. The maximum absolute atomic E-state index is 12.1. The standard InChI is InChI=1S/C18H19ClN4O2/c19-15-10-21-18(22-13-4-7-25-8-5-13)23-16(15)12-2-1-11-3-6-20-17(24)14(11)9-12/h1-2,9-10,13H,3-8H2,(H,20,24)(H,21,22,23). The second-order valence-corrected chi connectivity index (χ2v) is 6.71. The maximum atomic E-state index is 12.1. The number of carbonyl (C=O) groups excluding carboxylic acids is 1. The van der Waals surface area contributed by atoms with Crippen molar-refractivity contribution >= 4 is 23.5 Å². The van der Waals surface area contributed by atoms with Crippen molar-refractivity contribution in [1.82, 2.24) is 15.3 Å². The molecule has 2 aromatic rings. The van der Waals surface area contributed by atoms with Crippen LogP contribution < -0.4 is 10.6 Å². The Balaban J connectivity index is 1.64. The Kier molecular flexibility index (Phi) is 4.55. The van der Waals surface area contributed by atoms with Crippen LogP contribution in [-0.4, -0.2) is 41.7 Å². The van der Waals surface area contributed by atoms with Gasteiger partial charge in [0.15, 0.2) is 0 Å². The zero-order valence-corrected chi connectivity index (χ0v) is 14.5. The lowest BCUT2D eigenvalue weighted by atomic mass is 9.97. The minimum absolute atomic E-state index is 0.0474. The highest BCUT2D eigenvalue weighted by Gasteiger charge is 2.19. The molecule has 0 unspecified atom stereocenters. The van der Waals surface area contributed by atoms with E-state index in [1.165, 1.54) is 0 Å². The third-order valence-corrected chi connectivity index (χ3v) is 4.88. The van der Waals surface area contributed by atoms with Gasteiger partial charge >= 0.3 is 0 Å². The number of carbonyl (C=O) groups is 1. The molecule has 0 aliphatic carbocycles. The van der Waals surface area contributed by atoms with Gasteiger partial charge in [-0.25, -0.2) is 9.97 Å². The minimum atomic E-state index is -0.0474. The fourth-order valence-corrected chi connectivity index (χ4v) is 3.42. The van der Waals surface area contributed by atoms with Crippen LogP contribution in [0, 0.1) is 0 Å². The molecular weight excluding hydrogens is 340 g/mol. The van der Waals surface area contributed by atoms with Gasteiger partial charge in [0.2, 0.25) is 5.95 Å². The minimum Gasteiger partial charge on any atom is -0.381 e. The molecule has 0 saturated carbocycles. The van der Waals surface area contributed by atoms with Gasteiger partial charge in [-0.3, -0.25) is 4.79 Å². The lowest BCUT2D eigenvalue weighted by Crippen LogP contribution is -2.31. The fourth-order valence-electron chi connectivity index (χ4n) is 3.22. The second-order valence-electron chi connectivity index (χ2n) is 6.30. The number of amides is 1. The number of nitrogens with one attached hydrogen (secondary N) is 2. The number of anilines is 1. The number of aromatic nitrogens is 2. The average molecular weight is 359 g/mol. The van der Waals surface area contributed by atoms with Gasteiger partial charge in [-0.2, -0.15) is 0 Å². The van der Waals surface area contributed by atoms with Crippen LogP contribution >= 0.6 is 11.6 Å². The van der Waals surface area contributed by atoms with Crippen LogP contribution in [-0.2, 0) is 11.2 Å². The highest BCUT2D eigenvalue weighted by molar-refractivity contribution is 6.33. The molecule has 1 saturated heterocycles. The molecule has 1 aromatic carbocycles. The Morgan fingerprint density at radius 3 is 2.96 bits per heavy atom. The zero-order valence-electron chi connectivity index (χ0n) is 13.7. The highest BCUT2D eigenvalue weighted by Crippen LogP contribution is 2.29. The molecule has 2 aliphatic heterocycles. The van der Waals surface area contributed by atoms with Crippen molar-refractivity contribution in [2.75, 3.05) is 25.1 Å². The molecule has 130 valence electrons. The number of benzene rings is 1. The monoisotopic (exact) mass is 358 g/mol. The summed E-state index contributed by atoms with van der Waals surface area (Å²) in [6, 6.07) is 6.10. The second kappa shape index (κ2) is 6.98. The lowest BCUT2D eigenvalue weighted by Gasteiger charge is -2.23. The van der Waals surface area contributed by atoms with Gasteiger partial charge in [-0.15, -0.1) is 0 Å². The number of hydrogen-bond donors (Lipinski definition) is 2. The van der Waals surface area contributed by atoms with Crippen molar-refractivity contribution in [2.45, 2.75) is 25.3 Å². The predicted octanol–water partition coefficient (Wildman–Crippen LogP) is 2.67. The summed E-state index contributed by atoms with van der Waals surface area (Å²) >= 11 is 6.32. The van der Waals surface area contributed by atoms with Gasteiger partial charge in [0.05, 0.1) is 16.9 Å². The van der Waals surface area contributed by atoms with E-state index >= 15 is 0 Å². The van der Waals surface area contributed by atoms with Crippen molar-refractivity contribution in [1.29, 1.82) is 0 Å². The van der Waals surface area contributed by atoms with E-state index < -0.39 is 0 Å². The summed E-state index contributed by atoms with van der Waals surface area (Å²) in [7, 11) is 0. The Labute approximate surface area is 151 Å². The van der Waals surface area contributed by atoms with E-state index in [2.05, 4.69) is 20.6 Å². The van der Waals surface area contributed by atoms with Gasteiger partial charge in [0, 0.05) is 36.9 Å². The van der Waals surface area contributed by atoms with E-state index in [0.29, 0.717) is 34.8 Å². The van der Waals surface area contributed by atoms with Crippen LogP contribution in [0.15, 0.2) is 24.4 Å². The van der Waals surface area contributed by atoms with Crippen molar-refractivity contribution in [2.24, 2.45) is 0 Å². The van der Waals surface area contributed by atoms with E-state index in [4.69, 9.17) is 16.3 Å². The number of rotatable bonds is 3. The van der Waals surface area contributed by atoms with Gasteiger partial charge in [-0.05, 0) is 30.9 Å². The SMILES string of the molecule is O=C1NCCc2ccc(-c3nc(NC4CCOCC4)ncc3Cl)cc21. The van der Waals surface area contributed by atoms with Gasteiger partial charge in [-0.1, -0.05) is 23.7 Å². The average Bonchev–Trinajstić information content (AvgIpc) is 2.64. The topological polar surface area (TPSA) is 76.1 Å². The fraction of sp³-hybridized carbons (Fsp3) is 0.389. The molecule has 2 aliphatic rings. The number of nitrogens with zero attached hydrogens (tertiary/aromatic N) is 2. The van der Waals surface area contributed by atoms with E-state index in [-0.39, 0.29) is 5.91 Å². The first-order valence-corrected chi connectivity index (χ1v) is 8.87. The molecule has 7 heteroatoms. The van der Waals surface area contributed by atoms with E-state index in [1.54, 1.807) is 6.20 Å². The van der Waals surface area contributed by atoms with Crippen molar-refractivity contribution in [3.63, 3.8) is 0 Å². The summed E-state index contributed by atoms with van der Waals surface area (Å²) in [5, 5.41) is 6.68. The molecule has 1 aromatic heterocycles. The van der Waals surface area contributed by atoms with Crippen LogP contribution in [0.25, 0.3) is 11.3 Å². The molecular formula is C18H19ClN4O2. The van der Waals surface area contributed by atoms with Crippen LogP contribution in [0.2, 0.25) is 5.02 Å². The summed E-state index contributed by atoms with van der Waals surface area (Å²) in [6.07, 6.45) is 4.31. The maximum Gasteiger partial charge on any atom is 0.251 e. The van der Waals surface area contributed by atoms with Crippen molar-refractivity contribution in [3.05, 3.63) is 40.5 Å². The Bertz CT molecular complexity index is 806. The lowest BCUT2D eigenvalue weighted by molar-refractivity contribution is 0.0903. The van der Waals surface area contributed by atoms with Crippen LogP contribution in [0.1, 0.15) is 28.8 Å². The number of hydrogen-bond acceptors (Lipinski definition) is 5. The molecule has 0 atom stereocenters. The molecule has 2 N–H and O–H groups in total. The van der Waals surface area contributed by atoms with E-state index in [9.17, 15) is 4.79 Å². The predicted molar refractivity (Wildman–Crippen MR) is 96.0 cm³/mol.